The number of hydrogen-bond acceptors (Lipinski definition) is 4. The Morgan fingerprint density at radius 3 is 2.16 bits per heavy atom. The number of nitrogens with zero attached hydrogens (tertiary/aromatic N) is 3. The molecule has 1 amide bonds. The van der Waals surface area contributed by atoms with Crippen molar-refractivity contribution in [3.63, 3.8) is 0 Å². The second kappa shape index (κ2) is 12.6. The van der Waals surface area contributed by atoms with Gasteiger partial charge in [0.2, 0.25) is 0 Å². The van der Waals surface area contributed by atoms with E-state index in [-0.39, 0.29) is 11.8 Å². The van der Waals surface area contributed by atoms with Crippen molar-refractivity contribution in [3.8, 4) is 5.88 Å². The van der Waals surface area contributed by atoms with Crippen molar-refractivity contribution in [2.24, 2.45) is 4.99 Å². The zero-order chi connectivity index (χ0) is 27.1. The molecule has 0 unspecified atom stereocenters. The predicted molar refractivity (Wildman–Crippen MR) is 156 cm³/mol. The number of rotatable bonds is 11. The van der Waals surface area contributed by atoms with Gasteiger partial charge in [-0.05, 0) is 68.3 Å². The molecule has 3 aromatic carbocycles. The molecule has 0 saturated heterocycles. The lowest BCUT2D eigenvalue weighted by atomic mass is 10.0. The SMILES string of the molecule is CCCN(CCC)C(=O)c1ccc2[nH]c(O)c(C(C)=Nc3ccc(CN(C)Cc4ccccc4)cc3)c2c1. The van der Waals surface area contributed by atoms with Crippen LogP contribution in [0.15, 0.2) is 77.8 Å². The van der Waals surface area contributed by atoms with E-state index in [2.05, 4.69) is 67.2 Å². The minimum Gasteiger partial charge on any atom is -0.494 e. The average Bonchev–Trinajstić information content (AvgIpc) is 3.24. The first-order chi connectivity index (χ1) is 18.4. The first-order valence-corrected chi connectivity index (χ1v) is 13.4. The fourth-order valence-electron chi connectivity index (χ4n) is 4.90. The third kappa shape index (κ3) is 6.50. The highest BCUT2D eigenvalue weighted by Gasteiger charge is 2.19. The molecular weight excluding hydrogens is 472 g/mol. The van der Waals surface area contributed by atoms with Crippen LogP contribution in [0.3, 0.4) is 0 Å². The molecule has 38 heavy (non-hydrogen) atoms. The highest BCUT2D eigenvalue weighted by atomic mass is 16.3. The van der Waals surface area contributed by atoms with Gasteiger partial charge in [-0.25, -0.2) is 0 Å². The first-order valence-electron chi connectivity index (χ1n) is 13.4. The molecule has 0 spiro atoms. The minimum absolute atomic E-state index is 0.0182. The molecule has 6 nitrogen and oxygen atoms in total. The third-order valence-corrected chi connectivity index (χ3v) is 6.64. The van der Waals surface area contributed by atoms with Gasteiger partial charge in [0.1, 0.15) is 0 Å². The number of carbonyl (C=O) groups excluding carboxylic acids is 1. The molecule has 0 bridgehead atoms. The number of amides is 1. The Morgan fingerprint density at radius 1 is 0.895 bits per heavy atom. The number of aromatic amines is 1. The number of benzene rings is 3. The van der Waals surface area contributed by atoms with Crippen LogP contribution in [0.4, 0.5) is 5.69 Å². The number of aromatic nitrogens is 1. The van der Waals surface area contributed by atoms with Crippen molar-refractivity contribution < 1.29 is 9.90 Å². The highest BCUT2D eigenvalue weighted by Crippen LogP contribution is 2.30. The maximum Gasteiger partial charge on any atom is 0.253 e. The molecule has 0 saturated carbocycles. The quantitative estimate of drug-likeness (QED) is 0.215. The molecular formula is C32H38N4O2. The molecule has 198 valence electrons. The van der Waals surface area contributed by atoms with Crippen LogP contribution in [0.1, 0.15) is 60.7 Å². The van der Waals surface area contributed by atoms with E-state index in [1.54, 1.807) is 0 Å². The Morgan fingerprint density at radius 2 is 1.53 bits per heavy atom. The van der Waals surface area contributed by atoms with E-state index < -0.39 is 0 Å². The van der Waals surface area contributed by atoms with Gasteiger partial charge in [-0.15, -0.1) is 0 Å². The van der Waals surface area contributed by atoms with Gasteiger partial charge in [-0.1, -0.05) is 56.3 Å². The summed E-state index contributed by atoms with van der Waals surface area (Å²) < 4.78 is 0. The average molecular weight is 511 g/mol. The van der Waals surface area contributed by atoms with E-state index >= 15 is 0 Å². The second-order valence-corrected chi connectivity index (χ2v) is 9.92. The fraction of sp³-hybridized carbons (Fsp3) is 0.312. The summed E-state index contributed by atoms with van der Waals surface area (Å²) in [6.07, 6.45) is 1.83. The van der Waals surface area contributed by atoms with Crippen molar-refractivity contribution in [1.82, 2.24) is 14.8 Å². The lowest BCUT2D eigenvalue weighted by Gasteiger charge is -2.21. The standard InChI is InChI=1S/C32H38N4O2/c1-5-18-36(19-6-2)32(38)26-14-17-29-28(20-26)30(31(37)34-29)23(3)33-27-15-12-25(13-16-27)22-35(4)21-24-10-8-7-9-11-24/h7-17,20,34,37H,5-6,18-19,21-22H2,1-4H3. The van der Waals surface area contributed by atoms with Crippen LogP contribution < -0.4 is 0 Å². The van der Waals surface area contributed by atoms with Gasteiger partial charge in [0.25, 0.3) is 5.91 Å². The summed E-state index contributed by atoms with van der Waals surface area (Å²) in [4.78, 5) is 25.2. The number of hydrogen-bond donors (Lipinski definition) is 2. The van der Waals surface area contributed by atoms with Gasteiger partial charge in [0.15, 0.2) is 5.88 Å². The van der Waals surface area contributed by atoms with Crippen LogP contribution in [0.25, 0.3) is 10.9 Å². The highest BCUT2D eigenvalue weighted by molar-refractivity contribution is 6.14. The summed E-state index contributed by atoms with van der Waals surface area (Å²) in [6, 6.07) is 24.2. The number of aliphatic imine (C=N–C) groups is 1. The van der Waals surface area contributed by atoms with E-state index in [0.717, 1.165) is 55.6 Å². The van der Waals surface area contributed by atoms with E-state index in [9.17, 15) is 9.90 Å². The van der Waals surface area contributed by atoms with E-state index in [1.165, 1.54) is 11.1 Å². The summed E-state index contributed by atoms with van der Waals surface area (Å²) in [5.74, 6) is 0.0774. The van der Waals surface area contributed by atoms with Crippen LogP contribution in [-0.4, -0.2) is 51.6 Å². The van der Waals surface area contributed by atoms with Crippen LogP contribution in [0.2, 0.25) is 0 Å². The van der Waals surface area contributed by atoms with Crippen molar-refractivity contribution in [2.75, 3.05) is 20.1 Å². The monoisotopic (exact) mass is 510 g/mol. The largest absolute Gasteiger partial charge is 0.494 e. The van der Waals surface area contributed by atoms with Gasteiger partial charge in [-0.3, -0.25) is 14.7 Å². The van der Waals surface area contributed by atoms with Crippen LogP contribution in [0.5, 0.6) is 5.88 Å². The molecule has 6 heteroatoms. The predicted octanol–water partition coefficient (Wildman–Crippen LogP) is 6.91. The summed E-state index contributed by atoms with van der Waals surface area (Å²) in [5, 5.41) is 11.5. The number of nitrogens with one attached hydrogen (secondary N) is 1. The molecule has 0 atom stereocenters. The number of fused-ring (bicyclic) bond motifs is 1. The molecule has 0 aliphatic rings. The molecule has 0 radical (unpaired) electrons. The zero-order valence-electron chi connectivity index (χ0n) is 22.9. The zero-order valence-corrected chi connectivity index (χ0v) is 22.9. The third-order valence-electron chi connectivity index (χ3n) is 6.64. The summed E-state index contributed by atoms with van der Waals surface area (Å²) in [6.45, 7) is 9.24. The van der Waals surface area contributed by atoms with Crippen LogP contribution >= 0.6 is 0 Å². The van der Waals surface area contributed by atoms with Gasteiger partial charge in [-0.2, -0.15) is 0 Å². The normalized spacial score (nSPS) is 11.9. The Balaban J connectivity index is 1.53. The summed E-state index contributed by atoms with van der Waals surface area (Å²) >= 11 is 0. The van der Waals surface area contributed by atoms with Gasteiger partial charge >= 0.3 is 0 Å². The maximum absolute atomic E-state index is 13.2. The number of carbonyl (C=O) groups is 1. The number of H-pyrrole nitrogens is 1. The minimum atomic E-state index is 0.0182. The number of aromatic hydroxyl groups is 1. The molecule has 0 aliphatic heterocycles. The van der Waals surface area contributed by atoms with Crippen LogP contribution in [0, 0.1) is 0 Å². The van der Waals surface area contributed by atoms with Gasteiger partial charge in [0.05, 0.1) is 17.0 Å². The van der Waals surface area contributed by atoms with Crippen molar-refractivity contribution >= 4 is 28.2 Å². The Labute approximate surface area is 225 Å². The maximum atomic E-state index is 13.2. The lowest BCUT2D eigenvalue weighted by Crippen LogP contribution is -2.32. The van der Waals surface area contributed by atoms with Gasteiger partial charge < -0.3 is 15.0 Å². The topological polar surface area (TPSA) is 71.9 Å². The Kier molecular flexibility index (Phi) is 8.98. The smallest absolute Gasteiger partial charge is 0.253 e. The molecule has 1 aromatic heterocycles. The lowest BCUT2D eigenvalue weighted by molar-refractivity contribution is 0.0755. The molecule has 4 aromatic rings. The molecule has 1 heterocycles. The molecule has 4 rings (SSSR count). The van der Waals surface area contributed by atoms with Gasteiger partial charge in [0, 0.05) is 42.6 Å². The van der Waals surface area contributed by atoms with E-state index in [0.29, 0.717) is 16.8 Å². The Hall–Kier alpha value is -3.90. The molecule has 0 aliphatic carbocycles. The van der Waals surface area contributed by atoms with Crippen molar-refractivity contribution in [1.29, 1.82) is 0 Å². The second-order valence-electron chi connectivity index (χ2n) is 9.92. The first kappa shape index (κ1) is 27.1. The summed E-state index contributed by atoms with van der Waals surface area (Å²) in [7, 11) is 2.12. The Bertz CT molecular complexity index is 1380. The van der Waals surface area contributed by atoms with Crippen molar-refractivity contribution in [3.05, 3.63) is 95.1 Å². The van der Waals surface area contributed by atoms with Crippen LogP contribution in [-0.2, 0) is 13.1 Å². The van der Waals surface area contributed by atoms with E-state index in [4.69, 9.17) is 4.99 Å². The van der Waals surface area contributed by atoms with Crippen molar-refractivity contribution in [2.45, 2.75) is 46.7 Å². The van der Waals surface area contributed by atoms with E-state index in [1.807, 2.05) is 48.2 Å². The molecule has 2 N–H and O–H groups in total. The summed E-state index contributed by atoms with van der Waals surface area (Å²) in [5.41, 5.74) is 6.02. The molecule has 0 fully saturated rings. The fourth-order valence-corrected chi connectivity index (χ4v) is 4.90.